The van der Waals surface area contributed by atoms with Gasteiger partial charge in [-0.05, 0) is 12.0 Å². The molecule has 104 valence electrons. The van der Waals surface area contributed by atoms with Crippen LogP contribution in [0.4, 0.5) is 4.79 Å². The van der Waals surface area contributed by atoms with Gasteiger partial charge in [-0.2, -0.15) is 0 Å². The van der Waals surface area contributed by atoms with Gasteiger partial charge in [-0.15, -0.1) is 0 Å². The molecule has 0 aromatic heterocycles. The molecule has 4 nitrogen and oxygen atoms in total. The summed E-state index contributed by atoms with van der Waals surface area (Å²) in [7, 11) is 0. The van der Waals surface area contributed by atoms with Crippen molar-refractivity contribution in [1.29, 1.82) is 0 Å². The third-order valence-electron chi connectivity index (χ3n) is 3.39. The number of ether oxygens (including phenoxy) is 1. The molecule has 1 N–H and O–H groups in total. The van der Waals surface area contributed by atoms with E-state index in [1.165, 1.54) is 0 Å². The van der Waals surface area contributed by atoms with Crippen molar-refractivity contribution >= 4 is 6.09 Å². The highest BCUT2D eigenvalue weighted by Crippen LogP contribution is 2.22. The van der Waals surface area contributed by atoms with Gasteiger partial charge in [-0.25, -0.2) is 4.79 Å². The van der Waals surface area contributed by atoms with Gasteiger partial charge in [0.15, 0.2) is 0 Å². The van der Waals surface area contributed by atoms with Gasteiger partial charge in [0.05, 0.1) is 12.6 Å². The molecule has 1 fully saturated rings. The summed E-state index contributed by atoms with van der Waals surface area (Å²) in [5.74, 6) is 0. The van der Waals surface area contributed by atoms with Crippen molar-refractivity contribution in [2.24, 2.45) is 0 Å². The average Bonchev–Trinajstić information content (AvgIpc) is 2.48. The van der Waals surface area contributed by atoms with Gasteiger partial charge in [0.1, 0.15) is 0 Å². The Kier molecular flexibility index (Phi) is 5.21. The number of amides is 1. The molecule has 1 aliphatic rings. The van der Waals surface area contributed by atoms with E-state index in [0.717, 1.165) is 31.5 Å². The fourth-order valence-electron chi connectivity index (χ4n) is 2.28. The smallest absolute Gasteiger partial charge is 0.410 e. The van der Waals surface area contributed by atoms with Gasteiger partial charge in [0, 0.05) is 19.6 Å². The maximum Gasteiger partial charge on any atom is 0.410 e. The standard InChI is InChI=1S/C15H22N2O2/c1-2-3-11-19-15(18)17-10-9-16-12-14(17)13-7-5-4-6-8-13/h4-8,14,16H,2-3,9-12H2,1H3. The molecule has 4 heteroatoms. The zero-order valence-corrected chi connectivity index (χ0v) is 11.5. The fourth-order valence-corrected chi connectivity index (χ4v) is 2.28. The van der Waals surface area contributed by atoms with E-state index in [1.807, 2.05) is 23.1 Å². The van der Waals surface area contributed by atoms with Crippen LogP contribution in [0, 0.1) is 0 Å². The second-order valence-electron chi connectivity index (χ2n) is 4.79. The number of carbonyl (C=O) groups excluding carboxylic acids is 1. The zero-order chi connectivity index (χ0) is 13.5. The van der Waals surface area contributed by atoms with E-state index in [1.54, 1.807) is 0 Å². The minimum atomic E-state index is -0.191. The molecule has 0 bridgehead atoms. The molecule has 1 heterocycles. The molecular formula is C15H22N2O2. The topological polar surface area (TPSA) is 41.6 Å². The van der Waals surface area contributed by atoms with E-state index in [4.69, 9.17) is 4.74 Å². The molecule has 1 atom stereocenters. The van der Waals surface area contributed by atoms with Gasteiger partial charge in [-0.3, -0.25) is 4.90 Å². The number of nitrogens with zero attached hydrogens (tertiary/aromatic N) is 1. The van der Waals surface area contributed by atoms with E-state index >= 15 is 0 Å². The minimum absolute atomic E-state index is 0.0732. The van der Waals surface area contributed by atoms with Crippen molar-refractivity contribution in [3.8, 4) is 0 Å². The predicted octanol–water partition coefficient (Wildman–Crippen LogP) is 2.57. The monoisotopic (exact) mass is 262 g/mol. The van der Waals surface area contributed by atoms with Gasteiger partial charge in [0.25, 0.3) is 0 Å². The van der Waals surface area contributed by atoms with Crippen LogP contribution in [0.2, 0.25) is 0 Å². The second kappa shape index (κ2) is 7.14. The number of piperazine rings is 1. The quantitative estimate of drug-likeness (QED) is 0.848. The van der Waals surface area contributed by atoms with Crippen molar-refractivity contribution in [3.63, 3.8) is 0 Å². The Morgan fingerprint density at radius 3 is 2.95 bits per heavy atom. The van der Waals surface area contributed by atoms with E-state index in [9.17, 15) is 4.79 Å². The molecule has 1 aromatic carbocycles. The molecule has 1 unspecified atom stereocenters. The van der Waals surface area contributed by atoms with Crippen molar-refractivity contribution < 1.29 is 9.53 Å². The summed E-state index contributed by atoms with van der Waals surface area (Å²) in [6, 6.07) is 10.2. The lowest BCUT2D eigenvalue weighted by molar-refractivity contribution is 0.0763. The number of hydrogen-bond donors (Lipinski definition) is 1. The SMILES string of the molecule is CCCCOC(=O)N1CCNCC1c1ccccc1. The zero-order valence-electron chi connectivity index (χ0n) is 11.5. The number of benzene rings is 1. The van der Waals surface area contributed by atoms with E-state index < -0.39 is 0 Å². The summed E-state index contributed by atoms with van der Waals surface area (Å²) in [5, 5.41) is 3.34. The number of rotatable bonds is 4. The molecule has 0 aliphatic carbocycles. The average molecular weight is 262 g/mol. The highest BCUT2D eigenvalue weighted by atomic mass is 16.6. The van der Waals surface area contributed by atoms with Crippen molar-refractivity contribution in [3.05, 3.63) is 35.9 Å². The lowest BCUT2D eigenvalue weighted by Crippen LogP contribution is -2.48. The lowest BCUT2D eigenvalue weighted by Gasteiger charge is -2.35. The second-order valence-corrected chi connectivity index (χ2v) is 4.79. The molecule has 0 radical (unpaired) electrons. The summed E-state index contributed by atoms with van der Waals surface area (Å²) in [4.78, 5) is 14.0. The maximum atomic E-state index is 12.1. The fraction of sp³-hybridized carbons (Fsp3) is 0.533. The molecule has 1 saturated heterocycles. The lowest BCUT2D eigenvalue weighted by atomic mass is 10.0. The van der Waals surface area contributed by atoms with Crippen molar-refractivity contribution in [1.82, 2.24) is 10.2 Å². The van der Waals surface area contributed by atoms with Crippen molar-refractivity contribution in [2.75, 3.05) is 26.2 Å². The summed E-state index contributed by atoms with van der Waals surface area (Å²) in [5.41, 5.74) is 1.15. The molecule has 19 heavy (non-hydrogen) atoms. The third kappa shape index (κ3) is 3.70. The van der Waals surface area contributed by atoms with Crippen LogP contribution in [0.5, 0.6) is 0 Å². The van der Waals surface area contributed by atoms with E-state index in [0.29, 0.717) is 13.2 Å². The Hall–Kier alpha value is -1.55. The van der Waals surface area contributed by atoms with E-state index in [2.05, 4.69) is 24.4 Å². The Labute approximate surface area is 114 Å². The largest absolute Gasteiger partial charge is 0.449 e. The number of unbranched alkanes of at least 4 members (excludes halogenated alkanes) is 1. The van der Waals surface area contributed by atoms with Gasteiger partial charge in [-0.1, -0.05) is 43.7 Å². The minimum Gasteiger partial charge on any atom is -0.449 e. The summed E-state index contributed by atoms with van der Waals surface area (Å²) >= 11 is 0. The van der Waals surface area contributed by atoms with E-state index in [-0.39, 0.29) is 12.1 Å². The van der Waals surface area contributed by atoms with Crippen LogP contribution >= 0.6 is 0 Å². The highest BCUT2D eigenvalue weighted by Gasteiger charge is 2.28. The van der Waals surface area contributed by atoms with Crippen molar-refractivity contribution in [2.45, 2.75) is 25.8 Å². The first-order valence-electron chi connectivity index (χ1n) is 7.02. The van der Waals surface area contributed by atoms with Crippen LogP contribution in [-0.2, 0) is 4.74 Å². The summed E-state index contributed by atoms with van der Waals surface area (Å²) in [6.45, 7) is 4.91. The summed E-state index contributed by atoms with van der Waals surface area (Å²) in [6.07, 6.45) is 1.77. The normalized spacial score (nSPS) is 19.2. The molecular weight excluding hydrogens is 240 g/mol. The number of hydrogen-bond acceptors (Lipinski definition) is 3. The number of carbonyl (C=O) groups is 1. The van der Waals surface area contributed by atoms with Crippen LogP contribution in [0.3, 0.4) is 0 Å². The number of nitrogens with one attached hydrogen (secondary N) is 1. The Balaban J connectivity index is 2.01. The third-order valence-corrected chi connectivity index (χ3v) is 3.39. The van der Waals surface area contributed by atoms with Crippen LogP contribution in [0.15, 0.2) is 30.3 Å². The Morgan fingerprint density at radius 2 is 2.21 bits per heavy atom. The molecule has 1 amide bonds. The Bertz CT molecular complexity index is 394. The molecule has 1 aromatic rings. The van der Waals surface area contributed by atoms with Crippen LogP contribution in [0.1, 0.15) is 31.4 Å². The first-order valence-corrected chi connectivity index (χ1v) is 7.02. The predicted molar refractivity (Wildman–Crippen MR) is 75.0 cm³/mol. The van der Waals surface area contributed by atoms with Gasteiger partial charge >= 0.3 is 6.09 Å². The molecule has 1 aliphatic heterocycles. The van der Waals surface area contributed by atoms with Gasteiger partial charge < -0.3 is 10.1 Å². The molecule has 0 spiro atoms. The van der Waals surface area contributed by atoms with Crippen LogP contribution < -0.4 is 5.32 Å². The Morgan fingerprint density at radius 1 is 1.42 bits per heavy atom. The maximum absolute atomic E-state index is 12.1. The molecule has 0 saturated carbocycles. The highest BCUT2D eigenvalue weighted by molar-refractivity contribution is 5.68. The summed E-state index contributed by atoms with van der Waals surface area (Å²) < 4.78 is 5.33. The first-order chi connectivity index (χ1) is 9.33. The van der Waals surface area contributed by atoms with Crippen LogP contribution in [-0.4, -0.2) is 37.2 Å². The van der Waals surface area contributed by atoms with Crippen LogP contribution in [0.25, 0.3) is 0 Å². The van der Waals surface area contributed by atoms with Gasteiger partial charge in [0.2, 0.25) is 0 Å². The first kappa shape index (κ1) is 13.9. The molecule has 2 rings (SSSR count).